The Morgan fingerprint density at radius 2 is 1.94 bits per heavy atom. The molecular formula is C15H21NO. The zero-order valence-corrected chi connectivity index (χ0v) is 10.3. The van der Waals surface area contributed by atoms with Gasteiger partial charge in [0, 0.05) is 24.9 Å². The van der Waals surface area contributed by atoms with Gasteiger partial charge < -0.3 is 10.1 Å². The zero-order chi connectivity index (χ0) is 11.5. The lowest BCUT2D eigenvalue weighted by atomic mass is 9.73. The number of ether oxygens (including phenoxy) is 1. The van der Waals surface area contributed by atoms with Crippen molar-refractivity contribution in [2.45, 2.75) is 31.7 Å². The molecule has 2 heteroatoms. The van der Waals surface area contributed by atoms with Gasteiger partial charge in [-0.15, -0.1) is 0 Å². The average Bonchev–Trinajstić information content (AvgIpc) is 2.40. The largest absolute Gasteiger partial charge is 0.382 e. The molecular weight excluding hydrogens is 210 g/mol. The highest BCUT2D eigenvalue weighted by Gasteiger charge is 2.35. The number of anilines is 1. The van der Waals surface area contributed by atoms with Crippen molar-refractivity contribution in [2.24, 2.45) is 11.8 Å². The third kappa shape index (κ3) is 2.47. The van der Waals surface area contributed by atoms with Gasteiger partial charge in [-0.25, -0.2) is 0 Å². The highest BCUT2D eigenvalue weighted by molar-refractivity contribution is 5.43. The fourth-order valence-corrected chi connectivity index (χ4v) is 3.38. The van der Waals surface area contributed by atoms with E-state index in [1.807, 2.05) is 0 Å². The van der Waals surface area contributed by atoms with Gasteiger partial charge in [0.05, 0.1) is 0 Å². The van der Waals surface area contributed by atoms with E-state index < -0.39 is 0 Å². The van der Waals surface area contributed by atoms with Crippen molar-refractivity contribution in [1.82, 2.24) is 0 Å². The molecule has 2 unspecified atom stereocenters. The van der Waals surface area contributed by atoms with Gasteiger partial charge in [-0.2, -0.15) is 0 Å². The maximum atomic E-state index is 5.61. The Morgan fingerprint density at radius 1 is 1.06 bits per heavy atom. The molecule has 0 aromatic heterocycles. The van der Waals surface area contributed by atoms with Crippen LogP contribution < -0.4 is 5.32 Å². The van der Waals surface area contributed by atoms with Gasteiger partial charge in [-0.1, -0.05) is 24.6 Å². The third-order valence-electron chi connectivity index (χ3n) is 4.27. The van der Waals surface area contributed by atoms with Gasteiger partial charge >= 0.3 is 0 Å². The summed E-state index contributed by atoms with van der Waals surface area (Å²) in [6.07, 6.45) is 5.25. The highest BCUT2D eigenvalue weighted by Crippen LogP contribution is 2.36. The highest BCUT2D eigenvalue weighted by atomic mass is 16.5. The Labute approximate surface area is 103 Å². The van der Waals surface area contributed by atoms with Crippen molar-refractivity contribution < 1.29 is 4.74 Å². The van der Waals surface area contributed by atoms with E-state index in [2.05, 4.69) is 35.6 Å². The van der Waals surface area contributed by atoms with Crippen LogP contribution in [0.3, 0.4) is 0 Å². The second-order valence-corrected chi connectivity index (χ2v) is 5.34. The number of nitrogens with one attached hydrogen (secondary N) is 1. The Bertz CT molecular complexity index is 349. The number of benzene rings is 1. The Morgan fingerprint density at radius 3 is 2.82 bits per heavy atom. The molecule has 17 heavy (non-hydrogen) atoms. The summed E-state index contributed by atoms with van der Waals surface area (Å²) < 4.78 is 5.61. The molecule has 3 rings (SSSR count). The lowest BCUT2D eigenvalue weighted by molar-refractivity contribution is -0.00619. The summed E-state index contributed by atoms with van der Waals surface area (Å²) in [7, 11) is 0. The minimum absolute atomic E-state index is 0.653. The minimum Gasteiger partial charge on any atom is -0.382 e. The summed E-state index contributed by atoms with van der Waals surface area (Å²) in [6.45, 7) is 1.94. The molecule has 1 aliphatic heterocycles. The van der Waals surface area contributed by atoms with E-state index in [1.165, 1.54) is 31.4 Å². The molecule has 1 saturated carbocycles. The monoisotopic (exact) mass is 231 g/mol. The Balaban J connectivity index is 1.69. The van der Waals surface area contributed by atoms with Crippen molar-refractivity contribution in [1.29, 1.82) is 0 Å². The number of para-hydroxylation sites is 1. The first kappa shape index (κ1) is 11.1. The van der Waals surface area contributed by atoms with Crippen LogP contribution in [0.2, 0.25) is 0 Å². The van der Waals surface area contributed by atoms with Gasteiger partial charge in [-0.3, -0.25) is 0 Å². The van der Waals surface area contributed by atoms with Crippen molar-refractivity contribution in [3.05, 3.63) is 30.3 Å². The summed E-state index contributed by atoms with van der Waals surface area (Å²) in [6, 6.07) is 11.3. The molecule has 1 heterocycles. The molecule has 0 radical (unpaired) electrons. The maximum Gasteiger partial charge on any atom is 0.0497 e. The van der Waals surface area contributed by atoms with Crippen LogP contribution in [0.25, 0.3) is 0 Å². The molecule has 0 amide bonds. The lowest BCUT2D eigenvalue weighted by Crippen LogP contribution is -2.42. The summed E-state index contributed by atoms with van der Waals surface area (Å²) >= 11 is 0. The van der Waals surface area contributed by atoms with Crippen LogP contribution in [-0.4, -0.2) is 19.3 Å². The molecule has 1 aliphatic carbocycles. The van der Waals surface area contributed by atoms with E-state index in [-0.39, 0.29) is 0 Å². The topological polar surface area (TPSA) is 21.3 Å². The fourth-order valence-electron chi connectivity index (χ4n) is 3.38. The molecule has 3 atom stereocenters. The predicted molar refractivity (Wildman–Crippen MR) is 70.1 cm³/mol. The Hall–Kier alpha value is -1.02. The van der Waals surface area contributed by atoms with Crippen molar-refractivity contribution in [2.75, 3.05) is 18.5 Å². The van der Waals surface area contributed by atoms with E-state index >= 15 is 0 Å². The van der Waals surface area contributed by atoms with Crippen LogP contribution >= 0.6 is 0 Å². The van der Waals surface area contributed by atoms with E-state index in [1.54, 1.807) is 0 Å². The summed E-state index contributed by atoms with van der Waals surface area (Å²) in [5.74, 6) is 1.61. The first-order valence-electron chi connectivity index (χ1n) is 6.83. The molecule has 1 saturated heterocycles. The Kier molecular flexibility index (Phi) is 3.32. The molecule has 1 aromatic carbocycles. The minimum atomic E-state index is 0.653. The summed E-state index contributed by atoms with van der Waals surface area (Å²) in [5, 5.41) is 3.72. The van der Waals surface area contributed by atoms with Crippen molar-refractivity contribution in [3.8, 4) is 0 Å². The molecule has 2 nitrogen and oxygen atoms in total. The number of rotatable bonds is 2. The third-order valence-corrected chi connectivity index (χ3v) is 4.27. The summed E-state index contributed by atoms with van der Waals surface area (Å²) in [4.78, 5) is 0. The number of fused-ring (bicyclic) bond motifs is 1. The standard InChI is InChI=1S/C15H21NO/c1-2-6-13(7-3-1)16-15-8-4-5-12-11-17-10-9-14(12)15/h1-3,6-7,12,14-16H,4-5,8-11H2/t12-,14?,15?/m0/s1. The zero-order valence-electron chi connectivity index (χ0n) is 10.3. The number of hydrogen-bond donors (Lipinski definition) is 1. The van der Waals surface area contributed by atoms with E-state index in [0.717, 1.165) is 25.0 Å². The SMILES string of the molecule is c1ccc(NC2CCC[C@H]3COCCC23)cc1. The van der Waals surface area contributed by atoms with Crippen LogP contribution in [0.5, 0.6) is 0 Å². The second-order valence-electron chi connectivity index (χ2n) is 5.34. The van der Waals surface area contributed by atoms with Crippen LogP contribution in [0, 0.1) is 11.8 Å². The average molecular weight is 231 g/mol. The lowest BCUT2D eigenvalue weighted by Gasteiger charge is -2.41. The molecule has 2 fully saturated rings. The van der Waals surface area contributed by atoms with Crippen molar-refractivity contribution in [3.63, 3.8) is 0 Å². The van der Waals surface area contributed by atoms with Crippen LogP contribution in [-0.2, 0) is 4.74 Å². The van der Waals surface area contributed by atoms with Gasteiger partial charge in [0.1, 0.15) is 0 Å². The van der Waals surface area contributed by atoms with Crippen LogP contribution in [0.4, 0.5) is 5.69 Å². The van der Waals surface area contributed by atoms with Gasteiger partial charge in [0.2, 0.25) is 0 Å². The smallest absolute Gasteiger partial charge is 0.0497 e. The van der Waals surface area contributed by atoms with Gasteiger partial charge in [0.15, 0.2) is 0 Å². The maximum absolute atomic E-state index is 5.61. The summed E-state index contributed by atoms with van der Waals surface area (Å²) in [5.41, 5.74) is 1.27. The first-order chi connectivity index (χ1) is 8.43. The van der Waals surface area contributed by atoms with E-state index in [0.29, 0.717) is 6.04 Å². The molecule has 1 aromatic rings. The molecule has 2 aliphatic rings. The number of hydrogen-bond acceptors (Lipinski definition) is 2. The predicted octanol–water partition coefficient (Wildman–Crippen LogP) is 3.30. The first-order valence-corrected chi connectivity index (χ1v) is 6.83. The molecule has 0 bridgehead atoms. The van der Waals surface area contributed by atoms with Crippen LogP contribution in [0.1, 0.15) is 25.7 Å². The van der Waals surface area contributed by atoms with Gasteiger partial charge in [0.25, 0.3) is 0 Å². The van der Waals surface area contributed by atoms with E-state index in [9.17, 15) is 0 Å². The quantitative estimate of drug-likeness (QED) is 0.843. The second kappa shape index (κ2) is 5.09. The normalized spacial score (nSPS) is 32.8. The molecule has 1 N–H and O–H groups in total. The van der Waals surface area contributed by atoms with Crippen molar-refractivity contribution >= 4 is 5.69 Å². The molecule has 92 valence electrons. The van der Waals surface area contributed by atoms with Gasteiger partial charge in [-0.05, 0) is 43.2 Å². The fraction of sp³-hybridized carbons (Fsp3) is 0.600. The molecule has 0 spiro atoms. The van der Waals surface area contributed by atoms with Crippen LogP contribution in [0.15, 0.2) is 30.3 Å². The van der Waals surface area contributed by atoms with E-state index in [4.69, 9.17) is 4.74 Å².